The summed E-state index contributed by atoms with van der Waals surface area (Å²) in [6, 6.07) is 1.34. The number of halogens is 8. The standard InChI is InChI=1S/C21H9F8O2P/c1-32-21-17-5(3-7-9(22)11(24)13(26)15(28)19(7)30-17)2-6-4-8-10(23)12(25)14(27)16(29)20(8)31-18(6)21/h2,32H,3-4H2,1H3. The van der Waals surface area contributed by atoms with E-state index in [0.717, 1.165) is 0 Å². The van der Waals surface area contributed by atoms with Crippen LogP contribution >= 0.6 is 8.58 Å². The van der Waals surface area contributed by atoms with Crippen LogP contribution in [0.2, 0.25) is 0 Å². The molecule has 2 aliphatic heterocycles. The topological polar surface area (TPSA) is 18.5 Å². The minimum Gasteiger partial charge on any atom is -0.453 e. The number of ether oxygens (including phenoxy) is 2. The van der Waals surface area contributed by atoms with Gasteiger partial charge < -0.3 is 9.47 Å². The van der Waals surface area contributed by atoms with Crippen LogP contribution in [0.25, 0.3) is 0 Å². The SMILES string of the molecule is CPc1c2c(cc3c1Oc1c(F)c(F)c(F)c(F)c1C3)Cc1c(F)c(F)c(F)c(F)c1O2. The lowest BCUT2D eigenvalue weighted by Gasteiger charge is -2.29. The molecule has 1 atom stereocenters. The summed E-state index contributed by atoms with van der Waals surface area (Å²) in [5.74, 6) is -16.5. The van der Waals surface area contributed by atoms with E-state index in [1.54, 1.807) is 6.66 Å². The summed E-state index contributed by atoms with van der Waals surface area (Å²) in [5.41, 5.74) is -0.663. The molecule has 0 bridgehead atoms. The predicted octanol–water partition coefficient (Wildman–Crippen LogP) is 6.13. The molecular formula is C21H9F8O2P. The fourth-order valence-electron chi connectivity index (χ4n) is 3.92. The fraction of sp³-hybridized carbons (Fsp3) is 0.143. The Morgan fingerprint density at radius 3 is 1.31 bits per heavy atom. The van der Waals surface area contributed by atoms with Gasteiger partial charge in [-0.1, -0.05) is 8.58 Å². The second-order valence-electron chi connectivity index (χ2n) is 7.16. The van der Waals surface area contributed by atoms with Crippen LogP contribution < -0.4 is 14.8 Å². The van der Waals surface area contributed by atoms with Crippen molar-refractivity contribution in [2.24, 2.45) is 0 Å². The number of hydrogen-bond acceptors (Lipinski definition) is 2. The Morgan fingerprint density at radius 2 is 0.938 bits per heavy atom. The molecule has 5 rings (SSSR count). The second-order valence-corrected chi connectivity index (χ2v) is 8.16. The summed E-state index contributed by atoms with van der Waals surface area (Å²) in [4.78, 5) is 0. The number of hydrogen-bond donors (Lipinski definition) is 0. The van der Waals surface area contributed by atoms with Gasteiger partial charge in [-0.25, -0.2) is 26.3 Å². The molecule has 0 saturated heterocycles. The molecule has 2 nitrogen and oxygen atoms in total. The van der Waals surface area contributed by atoms with Crippen molar-refractivity contribution in [1.29, 1.82) is 0 Å². The third-order valence-electron chi connectivity index (χ3n) is 5.41. The lowest BCUT2D eigenvalue weighted by molar-refractivity contribution is 0.350. The molecule has 2 heterocycles. The van der Waals surface area contributed by atoms with E-state index in [-0.39, 0.29) is 36.5 Å². The van der Waals surface area contributed by atoms with Gasteiger partial charge >= 0.3 is 0 Å². The van der Waals surface area contributed by atoms with Crippen molar-refractivity contribution in [3.05, 3.63) is 74.9 Å². The molecule has 166 valence electrons. The molecule has 0 fully saturated rings. The maximum Gasteiger partial charge on any atom is 0.204 e. The van der Waals surface area contributed by atoms with E-state index in [2.05, 4.69) is 0 Å². The van der Waals surface area contributed by atoms with Crippen molar-refractivity contribution >= 4 is 13.9 Å². The molecule has 1 unspecified atom stereocenters. The maximum atomic E-state index is 14.3. The minimum atomic E-state index is -2.04. The highest BCUT2D eigenvalue weighted by Crippen LogP contribution is 2.48. The van der Waals surface area contributed by atoms with Crippen LogP contribution in [-0.2, 0) is 12.8 Å². The molecule has 0 aliphatic carbocycles. The van der Waals surface area contributed by atoms with Gasteiger partial charge in [0.1, 0.15) is 11.5 Å². The normalized spacial score (nSPS) is 13.9. The van der Waals surface area contributed by atoms with Gasteiger partial charge in [0.15, 0.2) is 34.8 Å². The average molecular weight is 476 g/mol. The van der Waals surface area contributed by atoms with Crippen molar-refractivity contribution in [3.8, 4) is 23.0 Å². The zero-order valence-electron chi connectivity index (χ0n) is 15.8. The van der Waals surface area contributed by atoms with Crippen LogP contribution in [0.15, 0.2) is 6.07 Å². The summed E-state index contributed by atoms with van der Waals surface area (Å²) in [5, 5.41) is 0.225. The number of fused-ring (bicyclic) bond motifs is 4. The zero-order valence-corrected chi connectivity index (χ0v) is 16.8. The first-order valence-electron chi connectivity index (χ1n) is 9.07. The lowest BCUT2D eigenvalue weighted by atomic mass is 9.93. The van der Waals surface area contributed by atoms with Gasteiger partial charge in [-0.3, -0.25) is 0 Å². The monoisotopic (exact) mass is 476 g/mol. The molecule has 0 amide bonds. The Bertz CT molecular complexity index is 1260. The Kier molecular flexibility index (Phi) is 4.64. The maximum absolute atomic E-state index is 14.3. The first kappa shape index (κ1) is 21.0. The van der Waals surface area contributed by atoms with Gasteiger partial charge in [0.05, 0.1) is 5.30 Å². The highest BCUT2D eigenvalue weighted by Gasteiger charge is 2.36. The summed E-state index contributed by atoms with van der Waals surface area (Å²) in [6.45, 7) is 1.64. The van der Waals surface area contributed by atoms with E-state index in [1.165, 1.54) is 6.07 Å². The smallest absolute Gasteiger partial charge is 0.204 e. The Hall–Kier alpha value is -2.87. The van der Waals surface area contributed by atoms with Crippen LogP contribution in [0.3, 0.4) is 0 Å². The van der Waals surface area contributed by atoms with Gasteiger partial charge in [-0.2, -0.15) is 8.78 Å². The quantitative estimate of drug-likeness (QED) is 0.126. The van der Waals surface area contributed by atoms with Crippen molar-refractivity contribution in [1.82, 2.24) is 0 Å². The van der Waals surface area contributed by atoms with Gasteiger partial charge in [-0.15, -0.1) is 0 Å². The molecule has 0 aromatic heterocycles. The van der Waals surface area contributed by atoms with Crippen LogP contribution in [0.4, 0.5) is 35.1 Å². The molecule has 3 aromatic rings. The van der Waals surface area contributed by atoms with Gasteiger partial charge in [0, 0.05) is 35.1 Å². The van der Waals surface area contributed by atoms with E-state index in [1.807, 2.05) is 0 Å². The number of rotatable bonds is 1. The van der Waals surface area contributed by atoms with Crippen molar-refractivity contribution < 1.29 is 44.6 Å². The van der Waals surface area contributed by atoms with Crippen LogP contribution in [0.1, 0.15) is 22.3 Å². The summed E-state index contributed by atoms with van der Waals surface area (Å²) in [6.07, 6.45) is -0.784. The first-order chi connectivity index (χ1) is 15.1. The zero-order chi connectivity index (χ0) is 23.1. The van der Waals surface area contributed by atoms with Crippen molar-refractivity contribution in [3.63, 3.8) is 0 Å². The minimum absolute atomic E-state index is 0.0479. The molecular weight excluding hydrogens is 467 g/mol. The molecule has 0 radical (unpaired) electrons. The Labute approximate surface area is 176 Å². The Morgan fingerprint density at radius 1 is 0.562 bits per heavy atom. The summed E-state index contributed by atoms with van der Waals surface area (Å²) < 4.78 is 123. The number of benzene rings is 3. The van der Waals surface area contributed by atoms with Gasteiger partial charge in [-0.05, 0) is 12.7 Å². The van der Waals surface area contributed by atoms with E-state index in [9.17, 15) is 35.1 Å². The van der Waals surface area contributed by atoms with Crippen molar-refractivity contribution in [2.45, 2.75) is 12.8 Å². The lowest BCUT2D eigenvalue weighted by Crippen LogP contribution is -2.21. The van der Waals surface area contributed by atoms with Crippen LogP contribution in [0, 0.1) is 46.5 Å². The molecule has 3 aromatic carbocycles. The van der Waals surface area contributed by atoms with E-state index in [4.69, 9.17) is 9.47 Å². The second kappa shape index (κ2) is 7.07. The van der Waals surface area contributed by atoms with Crippen LogP contribution in [0.5, 0.6) is 23.0 Å². The molecule has 0 saturated carbocycles. The highest BCUT2D eigenvalue weighted by molar-refractivity contribution is 7.47. The van der Waals surface area contributed by atoms with E-state index >= 15 is 0 Å². The highest BCUT2D eigenvalue weighted by atomic mass is 31.1. The van der Waals surface area contributed by atoms with Crippen molar-refractivity contribution in [2.75, 3.05) is 6.66 Å². The summed E-state index contributed by atoms with van der Waals surface area (Å²) in [7, 11) is -0.158. The largest absolute Gasteiger partial charge is 0.453 e. The van der Waals surface area contributed by atoms with E-state index < -0.39 is 82.0 Å². The first-order valence-corrected chi connectivity index (χ1v) is 10.6. The predicted molar refractivity (Wildman–Crippen MR) is 98.6 cm³/mol. The van der Waals surface area contributed by atoms with Gasteiger partial charge in [0.25, 0.3) is 0 Å². The summed E-state index contributed by atoms with van der Waals surface area (Å²) >= 11 is 0. The van der Waals surface area contributed by atoms with Crippen LogP contribution in [-0.4, -0.2) is 6.66 Å². The Balaban J connectivity index is 1.71. The molecule has 0 spiro atoms. The third-order valence-corrected chi connectivity index (χ3v) is 6.37. The molecule has 11 heteroatoms. The molecule has 0 N–H and O–H groups in total. The fourth-order valence-corrected chi connectivity index (χ4v) is 4.79. The average Bonchev–Trinajstić information content (AvgIpc) is 2.80. The molecule has 32 heavy (non-hydrogen) atoms. The van der Waals surface area contributed by atoms with E-state index in [0.29, 0.717) is 0 Å². The van der Waals surface area contributed by atoms with Gasteiger partial charge in [0.2, 0.25) is 23.3 Å². The third kappa shape index (κ3) is 2.68. The molecule has 2 aliphatic rings.